The second-order valence-electron chi connectivity index (χ2n) is 6.60. The Morgan fingerprint density at radius 2 is 2.10 bits per heavy atom. The molecule has 9 heteroatoms. The van der Waals surface area contributed by atoms with Gasteiger partial charge in [-0.05, 0) is 42.3 Å². The molecule has 2 aromatic carbocycles. The highest BCUT2D eigenvalue weighted by Crippen LogP contribution is 2.39. The minimum atomic E-state index is -1.06. The van der Waals surface area contributed by atoms with Crippen molar-refractivity contribution in [2.75, 3.05) is 38.7 Å². The highest BCUT2D eigenvalue weighted by atomic mass is 79.9. The van der Waals surface area contributed by atoms with E-state index < -0.39 is 5.97 Å². The van der Waals surface area contributed by atoms with Crippen molar-refractivity contribution in [2.45, 2.75) is 4.90 Å². The first-order valence-corrected chi connectivity index (χ1v) is 10.9. The van der Waals surface area contributed by atoms with Crippen LogP contribution in [0.5, 0.6) is 5.75 Å². The van der Waals surface area contributed by atoms with Crippen LogP contribution in [0.25, 0.3) is 10.9 Å². The number of carbonyl (C=O) groups is 1. The van der Waals surface area contributed by atoms with Crippen molar-refractivity contribution >= 4 is 56.1 Å². The number of anilines is 2. The Bertz CT molecular complexity index is 1090. The number of carboxylic acids is 1. The van der Waals surface area contributed by atoms with E-state index in [1.807, 2.05) is 24.4 Å². The molecule has 7 nitrogen and oxygen atoms in total. The average Bonchev–Trinajstić information content (AvgIpc) is 2.75. The van der Waals surface area contributed by atoms with E-state index in [0.29, 0.717) is 24.7 Å². The van der Waals surface area contributed by atoms with Gasteiger partial charge >= 0.3 is 5.97 Å². The van der Waals surface area contributed by atoms with Crippen molar-refractivity contribution in [1.29, 1.82) is 0 Å². The topological polar surface area (TPSA) is 83.9 Å². The Labute approximate surface area is 186 Å². The first-order chi connectivity index (χ1) is 14.6. The predicted molar refractivity (Wildman–Crippen MR) is 121 cm³/mol. The van der Waals surface area contributed by atoms with Gasteiger partial charge in [0.2, 0.25) is 0 Å². The molecule has 0 aliphatic carbocycles. The van der Waals surface area contributed by atoms with E-state index in [4.69, 9.17) is 9.47 Å². The number of methoxy groups -OCH3 is 1. The minimum Gasteiger partial charge on any atom is -0.496 e. The van der Waals surface area contributed by atoms with Gasteiger partial charge in [0.15, 0.2) is 0 Å². The predicted octanol–water partition coefficient (Wildman–Crippen LogP) is 4.79. The normalized spacial score (nSPS) is 14.6. The maximum atomic E-state index is 11.9. The monoisotopic (exact) mass is 489 g/mol. The molecule has 0 unspecified atom stereocenters. The first kappa shape index (κ1) is 20.9. The Morgan fingerprint density at radius 1 is 1.30 bits per heavy atom. The molecular weight excluding hydrogens is 470 g/mol. The van der Waals surface area contributed by atoms with E-state index in [9.17, 15) is 9.90 Å². The lowest BCUT2D eigenvalue weighted by molar-refractivity contribution is 0.0694. The second kappa shape index (κ2) is 9.22. The molecule has 30 heavy (non-hydrogen) atoms. The number of aromatic carboxylic acids is 1. The van der Waals surface area contributed by atoms with Crippen LogP contribution in [-0.4, -0.2) is 53.8 Å². The molecule has 0 bridgehead atoms. The molecule has 3 aromatic rings. The fourth-order valence-corrected chi connectivity index (χ4v) is 4.61. The fourth-order valence-electron chi connectivity index (χ4n) is 3.28. The molecule has 1 saturated heterocycles. The van der Waals surface area contributed by atoms with Gasteiger partial charge in [0.1, 0.15) is 11.3 Å². The number of aromatic nitrogens is 1. The zero-order valence-corrected chi connectivity index (χ0v) is 18.6. The number of pyridine rings is 1. The molecule has 1 aromatic heterocycles. The summed E-state index contributed by atoms with van der Waals surface area (Å²) >= 11 is 5.12. The molecule has 4 rings (SSSR count). The quantitative estimate of drug-likeness (QED) is 0.478. The lowest BCUT2D eigenvalue weighted by Gasteiger charge is -2.26. The van der Waals surface area contributed by atoms with E-state index >= 15 is 0 Å². The summed E-state index contributed by atoms with van der Waals surface area (Å²) in [5.74, 6) is -0.758. The number of nitrogens with one attached hydrogen (secondary N) is 1. The highest BCUT2D eigenvalue weighted by Gasteiger charge is 2.21. The number of fused-ring (bicyclic) bond motifs is 1. The third-order valence-electron chi connectivity index (χ3n) is 4.71. The van der Waals surface area contributed by atoms with Crippen LogP contribution in [0.2, 0.25) is 0 Å². The molecule has 0 radical (unpaired) electrons. The Morgan fingerprint density at radius 3 is 2.83 bits per heavy atom. The fraction of sp³-hybridized carbons (Fsp3) is 0.238. The number of hydrogen-bond acceptors (Lipinski definition) is 7. The van der Waals surface area contributed by atoms with Crippen molar-refractivity contribution in [3.05, 3.63) is 52.6 Å². The number of nitrogens with zero attached hydrogens (tertiary/aromatic N) is 2. The summed E-state index contributed by atoms with van der Waals surface area (Å²) in [6, 6.07) is 11.0. The summed E-state index contributed by atoms with van der Waals surface area (Å²) in [6.07, 6.45) is 1.82. The molecule has 1 aliphatic heterocycles. The maximum absolute atomic E-state index is 11.9. The standard InChI is InChI=1S/C21H20BrN3O4S/c1-28-17-4-2-3-16(19(17)21(26)27)24-20-14-11-13(22)5-6-15(14)23-12-18(20)30-25-7-9-29-10-8-25/h2-6,11-12H,7-10H2,1H3,(H,23,24)(H,26,27). The third kappa shape index (κ3) is 4.39. The number of rotatable bonds is 6. The third-order valence-corrected chi connectivity index (χ3v) is 6.34. The van der Waals surface area contributed by atoms with Gasteiger partial charge in [0.25, 0.3) is 0 Å². The number of carboxylic acid groups (broad SMARTS) is 1. The summed E-state index contributed by atoms with van der Waals surface area (Å²) in [5.41, 5.74) is 2.15. The van der Waals surface area contributed by atoms with Crippen LogP contribution in [-0.2, 0) is 4.74 Å². The van der Waals surface area contributed by atoms with Crippen molar-refractivity contribution in [2.24, 2.45) is 0 Å². The summed E-state index contributed by atoms with van der Waals surface area (Å²) in [4.78, 5) is 17.4. The molecule has 1 aliphatic rings. The number of ether oxygens (including phenoxy) is 2. The van der Waals surface area contributed by atoms with Gasteiger partial charge < -0.3 is 19.9 Å². The van der Waals surface area contributed by atoms with Crippen LogP contribution in [0.1, 0.15) is 10.4 Å². The van der Waals surface area contributed by atoms with E-state index in [1.165, 1.54) is 7.11 Å². The van der Waals surface area contributed by atoms with Gasteiger partial charge in [-0.25, -0.2) is 9.10 Å². The lowest BCUT2D eigenvalue weighted by atomic mass is 10.1. The van der Waals surface area contributed by atoms with E-state index in [-0.39, 0.29) is 5.56 Å². The van der Waals surface area contributed by atoms with Crippen LogP contribution in [0.4, 0.5) is 11.4 Å². The van der Waals surface area contributed by atoms with Gasteiger partial charge in [-0.1, -0.05) is 22.0 Å². The number of morpholine rings is 1. The smallest absolute Gasteiger partial charge is 0.341 e. The molecule has 0 spiro atoms. The van der Waals surface area contributed by atoms with Crippen LogP contribution in [0.3, 0.4) is 0 Å². The Kier molecular flexibility index (Phi) is 6.43. The number of hydrogen-bond donors (Lipinski definition) is 2. The van der Waals surface area contributed by atoms with Crippen molar-refractivity contribution in [3.8, 4) is 5.75 Å². The van der Waals surface area contributed by atoms with E-state index in [0.717, 1.165) is 39.0 Å². The van der Waals surface area contributed by atoms with E-state index in [2.05, 4.69) is 30.5 Å². The summed E-state index contributed by atoms with van der Waals surface area (Å²) in [6.45, 7) is 2.98. The molecule has 0 saturated carbocycles. The van der Waals surface area contributed by atoms with Gasteiger partial charge in [0.05, 0.1) is 42.1 Å². The van der Waals surface area contributed by atoms with Gasteiger partial charge in [0, 0.05) is 29.1 Å². The lowest BCUT2D eigenvalue weighted by Crippen LogP contribution is -2.31. The van der Waals surface area contributed by atoms with Crippen LogP contribution in [0.15, 0.2) is 52.0 Å². The highest BCUT2D eigenvalue weighted by molar-refractivity contribution is 9.10. The van der Waals surface area contributed by atoms with Gasteiger partial charge in [-0.15, -0.1) is 0 Å². The average molecular weight is 490 g/mol. The summed E-state index contributed by atoms with van der Waals surface area (Å²) in [7, 11) is 1.46. The SMILES string of the molecule is COc1cccc(Nc2c(SN3CCOCC3)cnc3ccc(Br)cc23)c1C(=O)O. The first-order valence-electron chi connectivity index (χ1n) is 9.33. The van der Waals surface area contributed by atoms with Crippen molar-refractivity contribution in [1.82, 2.24) is 9.29 Å². The molecule has 2 N–H and O–H groups in total. The second-order valence-corrected chi connectivity index (χ2v) is 8.66. The maximum Gasteiger partial charge on any atom is 0.341 e. The van der Waals surface area contributed by atoms with E-state index in [1.54, 1.807) is 30.1 Å². The number of halogens is 1. The van der Waals surface area contributed by atoms with Gasteiger partial charge in [-0.2, -0.15) is 0 Å². The Hall–Kier alpha value is -2.33. The van der Waals surface area contributed by atoms with Crippen molar-refractivity contribution in [3.63, 3.8) is 0 Å². The number of benzene rings is 2. The molecule has 2 heterocycles. The van der Waals surface area contributed by atoms with Crippen molar-refractivity contribution < 1.29 is 19.4 Å². The van der Waals surface area contributed by atoms with Crippen LogP contribution in [0, 0.1) is 0 Å². The zero-order valence-electron chi connectivity index (χ0n) is 16.2. The largest absolute Gasteiger partial charge is 0.496 e. The molecule has 1 fully saturated rings. The molecule has 156 valence electrons. The van der Waals surface area contributed by atoms with Gasteiger partial charge in [-0.3, -0.25) is 4.98 Å². The van der Waals surface area contributed by atoms with Crippen LogP contribution < -0.4 is 10.1 Å². The van der Waals surface area contributed by atoms with Crippen LogP contribution >= 0.6 is 27.9 Å². The summed E-state index contributed by atoms with van der Waals surface area (Å²) in [5, 5.41) is 14.0. The Balaban J connectivity index is 1.83. The molecular formula is C21H20BrN3O4S. The minimum absolute atomic E-state index is 0.0854. The molecule has 0 amide bonds. The summed E-state index contributed by atoms with van der Waals surface area (Å²) < 4.78 is 13.9. The zero-order chi connectivity index (χ0) is 21.1. The molecule has 0 atom stereocenters.